The van der Waals surface area contributed by atoms with E-state index >= 15 is 0 Å². The van der Waals surface area contributed by atoms with Crippen molar-refractivity contribution in [2.45, 2.75) is 19.8 Å². The predicted octanol–water partition coefficient (Wildman–Crippen LogP) is 4.36. The highest BCUT2D eigenvalue weighted by atomic mass is 35.5. The summed E-state index contributed by atoms with van der Waals surface area (Å²) in [4.78, 5) is 24.5. The maximum absolute atomic E-state index is 12.7. The Balaban J connectivity index is 2.28. The summed E-state index contributed by atoms with van der Waals surface area (Å²) in [7, 11) is 4.43. The highest BCUT2D eigenvalue weighted by Gasteiger charge is 2.18. The molecule has 0 heterocycles. The molecule has 7 nitrogen and oxygen atoms in total. The van der Waals surface area contributed by atoms with E-state index in [-0.39, 0.29) is 5.91 Å². The number of carbonyl (C=O) groups excluding carboxylic acids is 2. The van der Waals surface area contributed by atoms with Crippen LogP contribution in [-0.2, 0) is 4.79 Å². The number of methoxy groups -OCH3 is 3. The molecule has 0 aliphatic carbocycles. The molecule has 0 aromatic heterocycles. The first-order valence-electron chi connectivity index (χ1n) is 8.64. The molecular weight excluding hydrogens is 384 g/mol. The summed E-state index contributed by atoms with van der Waals surface area (Å²) in [6.45, 7) is 1.92. The predicted molar refractivity (Wildman–Crippen MR) is 109 cm³/mol. The monoisotopic (exact) mass is 406 g/mol. The van der Waals surface area contributed by atoms with E-state index in [4.69, 9.17) is 25.8 Å². The molecule has 0 bridgehead atoms. The van der Waals surface area contributed by atoms with Crippen molar-refractivity contribution >= 4 is 34.8 Å². The molecule has 2 aromatic rings. The standard InChI is InChI=1S/C20H23ClN2O5/c1-5-6-18(24)22-13-7-8-14(21)15(11-13)23-20(25)12-9-16(26-2)19(28-4)17(10-12)27-3/h7-11H,5-6H2,1-4H3,(H,22,24)(H,23,25). The first-order valence-corrected chi connectivity index (χ1v) is 9.02. The second-order valence-corrected chi connectivity index (χ2v) is 6.27. The second kappa shape index (κ2) is 9.85. The molecule has 0 saturated carbocycles. The third-order valence-corrected chi connectivity index (χ3v) is 4.23. The summed E-state index contributed by atoms with van der Waals surface area (Å²) in [6.07, 6.45) is 1.15. The average molecular weight is 407 g/mol. The average Bonchev–Trinajstić information content (AvgIpc) is 2.69. The molecule has 0 aliphatic rings. The van der Waals surface area contributed by atoms with Gasteiger partial charge in [0.1, 0.15) is 0 Å². The largest absolute Gasteiger partial charge is 0.493 e. The number of benzene rings is 2. The Labute approximate surface area is 168 Å². The Morgan fingerprint density at radius 1 is 0.964 bits per heavy atom. The minimum atomic E-state index is -0.418. The normalized spacial score (nSPS) is 10.2. The van der Waals surface area contributed by atoms with Crippen LogP contribution in [0.3, 0.4) is 0 Å². The number of anilines is 2. The van der Waals surface area contributed by atoms with Gasteiger partial charge in [0.15, 0.2) is 11.5 Å². The molecule has 150 valence electrons. The van der Waals surface area contributed by atoms with Gasteiger partial charge >= 0.3 is 0 Å². The first kappa shape index (κ1) is 21.4. The van der Waals surface area contributed by atoms with E-state index in [0.717, 1.165) is 6.42 Å². The van der Waals surface area contributed by atoms with Gasteiger partial charge in [0.2, 0.25) is 11.7 Å². The van der Waals surface area contributed by atoms with E-state index < -0.39 is 5.91 Å². The molecule has 2 N–H and O–H groups in total. The van der Waals surface area contributed by atoms with Gasteiger partial charge in [-0.05, 0) is 36.8 Å². The molecule has 0 fully saturated rings. The van der Waals surface area contributed by atoms with Gasteiger partial charge in [-0.1, -0.05) is 18.5 Å². The number of hydrogen-bond acceptors (Lipinski definition) is 5. The Morgan fingerprint density at radius 2 is 1.61 bits per heavy atom. The van der Waals surface area contributed by atoms with Crippen molar-refractivity contribution < 1.29 is 23.8 Å². The number of halogens is 1. The number of nitrogens with one attached hydrogen (secondary N) is 2. The molecule has 0 aliphatic heterocycles. The lowest BCUT2D eigenvalue weighted by Gasteiger charge is -2.15. The van der Waals surface area contributed by atoms with Crippen LogP contribution in [0.25, 0.3) is 0 Å². The fourth-order valence-corrected chi connectivity index (χ4v) is 2.72. The van der Waals surface area contributed by atoms with Crippen molar-refractivity contribution in [2.24, 2.45) is 0 Å². The van der Waals surface area contributed by atoms with Gasteiger partial charge in [-0.3, -0.25) is 9.59 Å². The fraction of sp³-hybridized carbons (Fsp3) is 0.300. The maximum atomic E-state index is 12.7. The van der Waals surface area contributed by atoms with Crippen molar-refractivity contribution in [2.75, 3.05) is 32.0 Å². The van der Waals surface area contributed by atoms with E-state index in [9.17, 15) is 9.59 Å². The number of ether oxygens (including phenoxy) is 3. The van der Waals surface area contributed by atoms with Crippen LogP contribution in [0.4, 0.5) is 11.4 Å². The molecule has 0 spiro atoms. The number of carbonyl (C=O) groups is 2. The third kappa shape index (κ3) is 5.07. The lowest BCUT2D eigenvalue weighted by atomic mass is 10.1. The molecule has 0 saturated heterocycles. The van der Waals surface area contributed by atoms with Crippen molar-refractivity contribution in [3.05, 3.63) is 40.9 Å². The molecule has 0 radical (unpaired) electrons. The van der Waals surface area contributed by atoms with E-state index in [2.05, 4.69) is 10.6 Å². The molecule has 8 heteroatoms. The summed E-state index contributed by atoms with van der Waals surface area (Å²) in [5.41, 5.74) is 1.21. The van der Waals surface area contributed by atoms with Gasteiger partial charge in [0.05, 0.1) is 32.0 Å². The minimum absolute atomic E-state index is 0.105. The van der Waals surface area contributed by atoms with Gasteiger partial charge in [0, 0.05) is 17.7 Å². The van der Waals surface area contributed by atoms with E-state index in [0.29, 0.717) is 45.6 Å². The lowest BCUT2D eigenvalue weighted by Crippen LogP contribution is -2.14. The fourth-order valence-electron chi connectivity index (χ4n) is 2.56. The minimum Gasteiger partial charge on any atom is -0.493 e. The van der Waals surface area contributed by atoms with Crippen LogP contribution < -0.4 is 24.8 Å². The zero-order valence-electron chi connectivity index (χ0n) is 16.2. The Hall–Kier alpha value is -2.93. The number of amides is 2. The first-order chi connectivity index (χ1) is 13.4. The van der Waals surface area contributed by atoms with Gasteiger partial charge in [-0.2, -0.15) is 0 Å². The summed E-state index contributed by atoms with van der Waals surface area (Å²) < 4.78 is 15.8. The summed E-state index contributed by atoms with van der Waals surface area (Å²) in [6, 6.07) is 7.96. The quantitative estimate of drug-likeness (QED) is 0.680. The highest BCUT2D eigenvalue weighted by molar-refractivity contribution is 6.34. The lowest BCUT2D eigenvalue weighted by molar-refractivity contribution is -0.116. The Bertz CT molecular complexity index is 845. The SMILES string of the molecule is CCCC(=O)Nc1ccc(Cl)c(NC(=O)c2cc(OC)c(OC)c(OC)c2)c1. The van der Waals surface area contributed by atoms with Crippen LogP contribution >= 0.6 is 11.6 Å². The summed E-state index contributed by atoms with van der Waals surface area (Å²) >= 11 is 6.19. The molecule has 2 amide bonds. The number of hydrogen-bond donors (Lipinski definition) is 2. The van der Waals surface area contributed by atoms with Crippen molar-refractivity contribution in [3.63, 3.8) is 0 Å². The topological polar surface area (TPSA) is 85.9 Å². The third-order valence-electron chi connectivity index (χ3n) is 3.90. The van der Waals surface area contributed by atoms with E-state index in [1.807, 2.05) is 6.92 Å². The second-order valence-electron chi connectivity index (χ2n) is 5.86. The molecular formula is C20H23ClN2O5. The van der Waals surface area contributed by atoms with E-state index in [1.165, 1.54) is 33.5 Å². The molecule has 0 unspecified atom stereocenters. The van der Waals surface area contributed by atoms with Crippen LogP contribution in [0.5, 0.6) is 17.2 Å². The zero-order valence-corrected chi connectivity index (χ0v) is 17.0. The molecule has 0 atom stereocenters. The van der Waals surface area contributed by atoms with Crippen LogP contribution in [0, 0.1) is 0 Å². The molecule has 2 aromatic carbocycles. The molecule has 28 heavy (non-hydrogen) atoms. The molecule has 2 rings (SSSR count). The van der Waals surface area contributed by atoms with Crippen molar-refractivity contribution in [1.29, 1.82) is 0 Å². The van der Waals surface area contributed by atoms with Crippen LogP contribution in [0.2, 0.25) is 5.02 Å². The van der Waals surface area contributed by atoms with Gasteiger partial charge in [0.25, 0.3) is 5.91 Å². The van der Waals surface area contributed by atoms with Gasteiger partial charge in [-0.15, -0.1) is 0 Å². The van der Waals surface area contributed by atoms with Gasteiger partial charge < -0.3 is 24.8 Å². The summed E-state index contributed by atoms with van der Waals surface area (Å²) in [5.74, 6) is 0.586. The maximum Gasteiger partial charge on any atom is 0.255 e. The van der Waals surface area contributed by atoms with Crippen LogP contribution in [-0.4, -0.2) is 33.1 Å². The number of rotatable bonds is 8. The Morgan fingerprint density at radius 3 is 2.14 bits per heavy atom. The smallest absolute Gasteiger partial charge is 0.255 e. The van der Waals surface area contributed by atoms with Crippen molar-refractivity contribution in [1.82, 2.24) is 0 Å². The van der Waals surface area contributed by atoms with Crippen LogP contribution in [0.15, 0.2) is 30.3 Å². The van der Waals surface area contributed by atoms with Crippen LogP contribution in [0.1, 0.15) is 30.1 Å². The Kier molecular flexibility index (Phi) is 7.52. The summed E-state index contributed by atoms with van der Waals surface area (Å²) in [5, 5.41) is 5.85. The van der Waals surface area contributed by atoms with Gasteiger partial charge in [-0.25, -0.2) is 0 Å². The van der Waals surface area contributed by atoms with E-state index in [1.54, 1.807) is 18.2 Å². The zero-order chi connectivity index (χ0) is 20.7. The highest BCUT2D eigenvalue weighted by Crippen LogP contribution is 2.38. The van der Waals surface area contributed by atoms with Crippen molar-refractivity contribution in [3.8, 4) is 17.2 Å².